The smallest absolute Gasteiger partial charge is 0.310 e. The van der Waals surface area contributed by atoms with Crippen LogP contribution in [0.2, 0.25) is 0 Å². The molecule has 1 atom stereocenters. The highest BCUT2D eigenvalue weighted by Crippen LogP contribution is 2.28. The highest BCUT2D eigenvalue weighted by atomic mass is 19.1. The number of hydrogen-bond donors (Lipinski definition) is 0. The Morgan fingerprint density at radius 2 is 1.73 bits per heavy atom. The van der Waals surface area contributed by atoms with Gasteiger partial charge in [0.05, 0.1) is 17.0 Å². The van der Waals surface area contributed by atoms with Gasteiger partial charge in [0.15, 0.2) is 6.73 Å². The first-order chi connectivity index (χ1) is 19.1. The van der Waals surface area contributed by atoms with Crippen LogP contribution in [-0.4, -0.2) is 65.1 Å². The van der Waals surface area contributed by atoms with E-state index in [0.717, 1.165) is 24.8 Å². The molecule has 2 amide bonds. The van der Waals surface area contributed by atoms with Crippen molar-refractivity contribution in [3.63, 3.8) is 0 Å². The van der Waals surface area contributed by atoms with Crippen molar-refractivity contribution < 1.29 is 28.3 Å². The van der Waals surface area contributed by atoms with Crippen molar-refractivity contribution >= 4 is 34.5 Å². The van der Waals surface area contributed by atoms with Crippen LogP contribution in [-0.2, 0) is 27.5 Å². The van der Waals surface area contributed by atoms with Crippen molar-refractivity contribution in [2.45, 2.75) is 46.3 Å². The molecule has 4 rings (SSSR count). The van der Waals surface area contributed by atoms with Gasteiger partial charge in [0, 0.05) is 44.3 Å². The first-order valence-electron chi connectivity index (χ1n) is 13.7. The Kier molecular flexibility index (Phi) is 9.02. The zero-order valence-electron chi connectivity index (χ0n) is 23.5. The molecule has 1 aliphatic rings. The number of likely N-dealkylation sites (N-methyl/N-ethyl adjacent to an activating group) is 1. The van der Waals surface area contributed by atoms with Crippen LogP contribution in [0, 0.1) is 17.7 Å². The predicted molar refractivity (Wildman–Crippen MR) is 149 cm³/mol. The van der Waals surface area contributed by atoms with E-state index >= 15 is 0 Å². The summed E-state index contributed by atoms with van der Waals surface area (Å²) in [5.74, 6) is -1.95. The highest BCUT2D eigenvalue weighted by molar-refractivity contribution is 6.43. The molecular weight excluding hydrogens is 513 g/mol. The van der Waals surface area contributed by atoms with Crippen LogP contribution in [0.15, 0.2) is 48.7 Å². The molecule has 0 N–H and O–H groups in total. The first-order valence-corrected chi connectivity index (χ1v) is 13.7. The number of ether oxygens (including phenoxy) is 1. The fourth-order valence-electron chi connectivity index (χ4n) is 4.95. The number of carbonyl (C=O) groups is 4. The summed E-state index contributed by atoms with van der Waals surface area (Å²) in [4.78, 5) is 54.2. The Morgan fingerprint density at radius 3 is 2.35 bits per heavy atom. The van der Waals surface area contributed by atoms with E-state index in [0.29, 0.717) is 41.9 Å². The molecule has 2 heterocycles. The zero-order chi connectivity index (χ0) is 29.0. The van der Waals surface area contributed by atoms with Crippen LogP contribution in [0.3, 0.4) is 0 Å². The minimum absolute atomic E-state index is 0.0728. The third-order valence-corrected chi connectivity index (χ3v) is 7.67. The molecule has 9 heteroatoms. The topological polar surface area (TPSA) is 88.9 Å². The van der Waals surface area contributed by atoms with E-state index in [4.69, 9.17) is 4.74 Å². The molecule has 0 spiro atoms. The van der Waals surface area contributed by atoms with Gasteiger partial charge in [-0.3, -0.25) is 19.2 Å². The van der Waals surface area contributed by atoms with E-state index in [2.05, 4.69) is 0 Å². The van der Waals surface area contributed by atoms with Gasteiger partial charge >= 0.3 is 5.97 Å². The second-order valence-electron chi connectivity index (χ2n) is 10.7. The number of likely N-dealkylation sites (tertiary alicyclic amines) is 1. The van der Waals surface area contributed by atoms with Crippen molar-refractivity contribution in [1.82, 2.24) is 14.4 Å². The number of rotatable bonds is 9. The average molecular weight is 550 g/mol. The lowest BCUT2D eigenvalue weighted by atomic mass is 9.90. The maximum atomic E-state index is 13.7. The van der Waals surface area contributed by atoms with Crippen molar-refractivity contribution in [2.24, 2.45) is 11.8 Å². The molecule has 8 nitrogen and oxygen atoms in total. The van der Waals surface area contributed by atoms with E-state index in [1.165, 1.54) is 31.1 Å². The lowest BCUT2D eigenvalue weighted by Crippen LogP contribution is -2.38. The van der Waals surface area contributed by atoms with Crippen molar-refractivity contribution in [1.29, 1.82) is 0 Å². The number of esters is 1. The predicted octanol–water partition coefficient (Wildman–Crippen LogP) is 4.69. The average Bonchev–Trinajstić information content (AvgIpc) is 3.33. The van der Waals surface area contributed by atoms with Crippen LogP contribution in [0.5, 0.6) is 0 Å². The summed E-state index contributed by atoms with van der Waals surface area (Å²) in [5.41, 5.74) is 2.28. The molecular formula is C31H36FN3O5. The number of carbonyl (C=O) groups excluding carboxylic acids is 4. The monoisotopic (exact) mass is 549 g/mol. The summed E-state index contributed by atoms with van der Waals surface area (Å²) in [6, 6.07) is 11.3. The van der Waals surface area contributed by atoms with E-state index < -0.39 is 11.7 Å². The molecule has 1 saturated heterocycles. The van der Waals surface area contributed by atoms with Crippen molar-refractivity contribution in [2.75, 3.05) is 27.2 Å². The highest BCUT2D eigenvalue weighted by Gasteiger charge is 2.28. The molecule has 0 saturated carbocycles. The van der Waals surface area contributed by atoms with Crippen molar-refractivity contribution in [3.8, 4) is 0 Å². The second kappa shape index (κ2) is 12.4. The largest absolute Gasteiger partial charge is 0.444 e. The Bertz CT molecular complexity index is 1400. The van der Waals surface area contributed by atoms with Crippen LogP contribution in [0.25, 0.3) is 10.9 Å². The molecule has 1 aromatic heterocycles. The van der Waals surface area contributed by atoms with E-state index in [-0.39, 0.29) is 35.9 Å². The van der Waals surface area contributed by atoms with Crippen LogP contribution in [0.1, 0.15) is 59.4 Å². The molecule has 2 aromatic carbocycles. The number of hydrogen-bond acceptors (Lipinski definition) is 5. The summed E-state index contributed by atoms with van der Waals surface area (Å²) in [7, 11) is 3.02. The molecule has 0 bridgehead atoms. The number of benzene rings is 2. The molecule has 1 aliphatic heterocycles. The zero-order valence-corrected chi connectivity index (χ0v) is 23.5. The normalized spacial score (nSPS) is 14.7. The van der Waals surface area contributed by atoms with Gasteiger partial charge in [-0.2, -0.15) is 0 Å². The first kappa shape index (κ1) is 29.0. The molecule has 1 fully saturated rings. The van der Waals surface area contributed by atoms with Gasteiger partial charge < -0.3 is 19.1 Å². The molecule has 40 heavy (non-hydrogen) atoms. The lowest BCUT2D eigenvalue weighted by Gasteiger charge is -2.32. The molecule has 0 radical (unpaired) electrons. The molecule has 0 aliphatic carbocycles. The number of amides is 2. The van der Waals surface area contributed by atoms with Gasteiger partial charge in [-0.05, 0) is 67.5 Å². The van der Waals surface area contributed by atoms with Crippen LogP contribution < -0.4 is 0 Å². The van der Waals surface area contributed by atoms with E-state index in [1.807, 2.05) is 6.92 Å². The molecule has 3 aromatic rings. The summed E-state index contributed by atoms with van der Waals surface area (Å²) >= 11 is 0. The second-order valence-corrected chi connectivity index (χ2v) is 10.7. The van der Waals surface area contributed by atoms with Gasteiger partial charge in [0.1, 0.15) is 5.82 Å². The van der Waals surface area contributed by atoms with Gasteiger partial charge in [-0.25, -0.2) is 4.39 Å². The van der Waals surface area contributed by atoms with E-state index in [1.54, 1.807) is 52.9 Å². The maximum absolute atomic E-state index is 13.7. The number of fused-ring (bicyclic) bond motifs is 1. The van der Waals surface area contributed by atoms with Gasteiger partial charge in [0.2, 0.25) is 5.78 Å². The SMILES string of the molecule is CCC(C)C(=O)OCn1cc(C(=O)N2CCC(Cc3ccc(F)cc3)CC2)c2cc(C(=O)C(=O)N(C)C)ccc21. The van der Waals surface area contributed by atoms with Gasteiger partial charge in [-0.15, -0.1) is 0 Å². The quantitative estimate of drug-likeness (QED) is 0.220. The van der Waals surface area contributed by atoms with Crippen LogP contribution >= 0.6 is 0 Å². The summed E-state index contributed by atoms with van der Waals surface area (Å²) in [5, 5.41) is 0.524. The summed E-state index contributed by atoms with van der Waals surface area (Å²) in [6.07, 6.45) is 4.76. The maximum Gasteiger partial charge on any atom is 0.310 e. The fourth-order valence-corrected chi connectivity index (χ4v) is 4.95. The van der Waals surface area contributed by atoms with E-state index in [9.17, 15) is 23.6 Å². The standard InChI is InChI=1S/C31H36FN3O5/c1-5-20(2)31(39)40-19-35-18-26(25-17-23(8-11-27(25)35)28(36)30(38)33(3)4)29(37)34-14-12-22(13-15-34)16-21-6-9-24(32)10-7-21/h6-11,17-18,20,22H,5,12-16,19H2,1-4H3. The summed E-state index contributed by atoms with van der Waals surface area (Å²) in [6.45, 7) is 4.77. The number of ketones is 1. The lowest BCUT2D eigenvalue weighted by molar-refractivity contribution is -0.151. The number of aromatic nitrogens is 1. The Labute approximate surface area is 233 Å². The Balaban J connectivity index is 1.57. The summed E-state index contributed by atoms with van der Waals surface area (Å²) < 4.78 is 20.4. The molecule has 212 valence electrons. The molecule has 1 unspecified atom stereocenters. The number of halogens is 1. The van der Waals surface area contributed by atoms with Gasteiger partial charge in [-0.1, -0.05) is 26.0 Å². The Hall–Kier alpha value is -4.01. The number of piperidine rings is 1. The third kappa shape index (κ3) is 6.41. The number of nitrogens with zero attached hydrogens (tertiary/aromatic N) is 3. The fraction of sp³-hybridized carbons (Fsp3) is 0.419. The Morgan fingerprint density at radius 1 is 1.05 bits per heavy atom. The third-order valence-electron chi connectivity index (χ3n) is 7.67. The van der Waals surface area contributed by atoms with Crippen LogP contribution in [0.4, 0.5) is 4.39 Å². The number of Topliss-reactive ketones (excluding diaryl/α,β-unsaturated/α-hetero) is 1. The van der Waals surface area contributed by atoms with Crippen molar-refractivity contribution in [3.05, 3.63) is 71.2 Å². The van der Waals surface area contributed by atoms with Gasteiger partial charge in [0.25, 0.3) is 11.8 Å². The minimum atomic E-state index is -0.664. The minimum Gasteiger partial charge on any atom is -0.444 e.